The van der Waals surface area contributed by atoms with E-state index >= 15 is 0 Å². The lowest BCUT2D eigenvalue weighted by molar-refractivity contribution is -0.127. The molecule has 1 aliphatic rings. The number of carbonyl (C=O) groups is 1. The van der Waals surface area contributed by atoms with Crippen LogP contribution in [-0.4, -0.2) is 39.4 Å². The van der Waals surface area contributed by atoms with Gasteiger partial charge in [-0.2, -0.15) is 5.10 Å². The first-order valence-electron chi connectivity index (χ1n) is 5.11. The number of carbonyl (C=O) groups excluding carboxylic acids is 1. The molecule has 1 aliphatic heterocycles. The number of aromatic amines is 1. The van der Waals surface area contributed by atoms with E-state index in [0.29, 0.717) is 12.3 Å². The largest absolute Gasteiger partial charge is 0.342 e. The van der Waals surface area contributed by atoms with Crippen LogP contribution in [0.3, 0.4) is 0 Å². The first-order valence-corrected chi connectivity index (χ1v) is 6.23. The van der Waals surface area contributed by atoms with E-state index in [4.69, 9.17) is 0 Å². The lowest BCUT2D eigenvalue weighted by Crippen LogP contribution is -2.27. The number of aromatic nitrogens is 2. The molecule has 0 aliphatic carbocycles. The van der Waals surface area contributed by atoms with Gasteiger partial charge in [0.25, 0.3) is 0 Å². The van der Waals surface area contributed by atoms with E-state index in [1.54, 1.807) is 6.20 Å². The Morgan fingerprint density at radius 3 is 3.13 bits per heavy atom. The molecule has 1 amide bonds. The SMILES string of the molecule is O=C1CC(CBr)CN1CCc1ccn[nH]1. The van der Waals surface area contributed by atoms with Crippen molar-refractivity contribution in [3.63, 3.8) is 0 Å². The number of H-pyrrole nitrogens is 1. The summed E-state index contributed by atoms with van der Waals surface area (Å²) in [6.45, 7) is 1.68. The molecule has 0 saturated carbocycles. The summed E-state index contributed by atoms with van der Waals surface area (Å²) in [7, 11) is 0. The monoisotopic (exact) mass is 271 g/mol. The summed E-state index contributed by atoms with van der Waals surface area (Å²) in [5, 5.41) is 7.70. The van der Waals surface area contributed by atoms with Crippen LogP contribution >= 0.6 is 15.9 Å². The Bertz CT molecular complexity index is 325. The van der Waals surface area contributed by atoms with Crippen molar-refractivity contribution in [1.82, 2.24) is 15.1 Å². The quantitative estimate of drug-likeness (QED) is 0.837. The van der Waals surface area contributed by atoms with Crippen LogP contribution in [-0.2, 0) is 11.2 Å². The molecule has 0 aromatic carbocycles. The van der Waals surface area contributed by atoms with E-state index in [1.165, 1.54) is 0 Å². The Morgan fingerprint density at radius 2 is 2.53 bits per heavy atom. The average molecular weight is 272 g/mol. The molecular formula is C10H14BrN3O. The van der Waals surface area contributed by atoms with Gasteiger partial charge in [0.15, 0.2) is 0 Å². The van der Waals surface area contributed by atoms with Crippen molar-refractivity contribution in [2.45, 2.75) is 12.8 Å². The number of nitrogens with one attached hydrogen (secondary N) is 1. The van der Waals surface area contributed by atoms with Gasteiger partial charge in [-0.15, -0.1) is 0 Å². The second-order valence-corrected chi connectivity index (χ2v) is 4.54. The van der Waals surface area contributed by atoms with Crippen molar-refractivity contribution >= 4 is 21.8 Å². The molecule has 15 heavy (non-hydrogen) atoms. The van der Waals surface area contributed by atoms with Crippen molar-refractivity contribution in [3.05, 3.63) is 18.0 Å². The molecular weight excluding hydrogens is 258 g/mol. The van der Waals surface area contributed by atoms with Crippen molar-refractivity contribution in [2.24, 2.45) is 5.92 Å². The van der Waals surface area contributed by atoms with E-state index < -0.39 is 0 Å². The third-order valence-electron chi connectivity index (χ3n) is 2.72. The molecule has 0 bridgehead atoms. The lowest BCUT2D eigenvalue weighted by atomic mass is 10.2. The number of alkyl halides is 1. The van der Waals surface area contributed by atoms with Crippen molar-refractivity contribution in [3.8, 4) is 0 Å². The van der Waals surface area contributed by atoms with Crippen LogP contribution in [0.15, 0.2) is 12.3 Å². The van der Waals surface area contributed by atoms with Crippen LogP contribution in [0.2, 0.25) is 0 Å². The maximum absolute atomic E-state index is 11.6. The fraction of sp³-hybridized carbons (Fsp3) is 0.600. The summed E-state index contributed by atoms with van der Waals surface area (Å²) in [5.74, 6) is 0.762. The van der Waals surface area contributed by atoms with Crippen molar-refractivity contribution < 1.29 is 4.79 Å². The van der Waals surface area contributed by atoms with Gasteiger partial charge in [0.1, 0.15) is 0 Å². The Hall–Kier alpha value is -0.840. The molecule has 1 aromatic rings. The predicted octanol–water partition coefficient (Wildman–Crippen LogP) is 1.20. The molecule has 1 fully saturated rings. The number of hydrogen-bond donors (Lipinski definition) is 1. The zero-order chi connectivity index (χ0) is 10.7. The van der Waals surface area contributed by atoms with Crippen LogP contribution in [0, 0.1) is 5.92 Å². The predicted molar refractivity (Wildman–Crippen MR) is 60.8 cm³/mol. The van der Waals surface area contributed by atoms with Gasteiger partial charge >= 0.3 is 0 Å². The second-order valence-electron chi connectivity index (χ2n) is 3.90. The molecule has 82 valence electrons. The van der Waals surface area contributed by atoms with Gasteiger partial charge in [-0.1, -0.05) is 15.9 Å². The fourth-order valence-electron chi connectivity index (χ4n) is 1.85. The van der Waals surface area contributed by atoms with E-state index in [9.17, 15) is 4.79 Å². The molecule has 4 nitrogen and oxygen atoms in total. The highest BCUT2D eigenvalue weighted by Gasteiger charge is 2.28. The molecule has 0 spiro atoms. The third kappa shape index (κ3) is 2.59. The normalized spacial score (nSPS) is 21.3. The number of rotatable bonds is 4. The molecule has 1 atom stereocenters. The molecule has 1 saturated heterocycles. The minimum atomic E-state index is 0.277. The van der Waals surface area contributed by atoms with Gasteiger partial charge < -0.3 is 4.90 Å². The van der Waals surface area contributed by atoms with Crippen LogP contribution in [0.4, 0.5) is 0 Å². The average Bonchev–Trinajstić information content (AvgIpc) is 2.84. The van der Waals surface area contributed by atoms with E-state index in [1.807, 2.05) is 11.0 Å². The van der Waals surface area contributed by atoms with Gasteiger partial charge in [-0.25, -0.2) is 0 Å². The van der Waals surface area contributed by atoms with Crippen LogP contribution < -0.4 is 0 Å². The number of likely N-dealkylation sites (tertiary alicyclic amines) is 1. The first-order chi connectivity index (χ1) is 7.29. The van der Waals surface area contributed by atoms with Gasteiger partial charge in [0.2, 0.25) is 5.91 Å². The molecule has 2 rings (SSSR count). The van der Waals surface area contributed by atoms with Crippen LogP contribution in [0.1, 0.15) is 12.1 Å². The topological polar surface area (TPSA) is 49.0 Å². The maximum Gasteiger partial charge on any atom is 0.222 e. The van der Waals surface area contributed by atoms with Gasteiger partial charge in [0, 0.05) is 43.2 Å². The molecule has 2 heterocycles. The highest BCUT2D eigenvalue weighted by molar-refractivity contribution is 9.09. The Labute approximate surface area is 97.2 Å². The zero-order valence-corrected chi connectivity index (χ0v) is 10.0. The summed E-state index contributed by atoms with van der Waals surface area (Å²) < 4.78 is 0. The summed E-state index contributed by atoms with van der Waals surface area (Å²) in [6, 6.07) is 1.95. The van der Waals surface area contributed by atoms with Crippen molar-refractivity contribution in [2.75, 3.05) is 18.4 Å². The zero-order valence-electron chi connectivity index (χ0n) is 8.45. The minimum Gasteiger partial charge on any atom is -0.342 e. The Balaban J connectivity index is 1.83. The molecule has 0 radical (unpaired) electrons. The van der Waals surface area contributed by atoms with Gasteiger partial charge in [-0.05, 0) is 12.0 Å². The highest BCUT2D eigenvalue weighted by atomic mass is 79.9. The van der Waals surface area contributed by atoms with Crippen LogP contribution in [0.5, 0.6) is 0 Å². The summed E-state index contributed by atoms with van der Waals surface area (Å²) in [4.78, 5) is 13.5. The Morgan fingerprint density at radius 1 is 1.67 bits per heavy atom. The number of amides is 1. The summed E-state index contributed by atoms with van der Waals surface area (Å²) in [6.07, 6.45) is 3.29. The summed E-state index contributed by atoms with van der Waals surface area (Å²) in [5.41, 5.74) is 1.09. The van der Waals surface area contributed by atoms with E-state index in [2.05, 4.69) is 26.1 Å². The van der Waals surface area contributed by atoms with Crippen molar-refractivity contribution in [1.29, 1.82) is 0 Å². The lowest BCUT2D eigenvalue weighted by Gasteiger charge is -2.15. The molecule has 1 aromatic heterocycles. The van der Waals surface area contributed by atoms with Gasteiger partial charge in [0.05, 0.1) is 0 Å². The minimum absolute atomic E-state index is 0.277. The van der Waals surface area contributed by atoms with E-state index in [-0.39, 0.29) is 5.91 Å². The number of nitrogens with zero attached hydrogens (tertiary/aromatic N) is 2. The van der Waals surface area contributed by atoms with Gasteiger partial charge in [-0.3, -0.25) is 9.89 Å². The molecule has 5 heteroatoms. The molecule has 1 unspecified atom stereocenters. The number of halogens is 1. The molecule has 1 N–H and O–H groups in total. The summed E-state index contributed by atoms with van der Waals surface area (Å²) >= 11 is 3.43. The second kappa shape index (κ2) is 4.79. The third-order valence-corrected chi connectivity index (χ3v) is 3.64. The standard InChI is InChI=1S/C10H14BrN3O/c11-6-8-5-10(15)14(7-8)4-2-9-1-3-12-13-9/h1,3,8H,2,4-7H2,(H,12,13). The fourth-order valence-corrected chi connectivity index (χ4v) is 2.29. The van der Waals surface area contributed by atoms with Crippen LogP contribution in [0.25, 0.3) is 0 Å². The first kappa shape index (κ1) is 10.7. The smallest absolute Gasteiger partial charge is 0.222 e. The number of hydrogen-bond acceptors (Lipinski definition) is 2. The Kier molecular flexibility index (Phi) is 3.41. The van der Waals surface area contributed by atoms with E-state index in [0.717, 1.165) is 30.5 Å². The maximum atomic E-state index is 11.6. The highest BCUT2D eigenvalue weighted by Crippen LogP contribution is 2.19.